The summed E-state index contributed by atoms with van der Waals surface area (Å²) in [7, 11) is 0. The maximum absolute atomic E-state index is 12.0. The molecule has 0 bridgehead atoms. The molecule has 1 aliphatic heterocycles. The molecule has 2 rings (SSSR count). The number of nitrogens with one attached hydrogen (secondary N) is 1. The average molecular weight is 256 g/mol. The summed E-state index contributed by atoms with van der Waals surface area (Å²) < 4.78 is 10.4. The monoisotopic (exact) mass is 256 g/mol. The van der Waals surface area contributed by atoms with Gasteiger partial charge in [-0.05, 0) is 19.8 Å². The lowest BCUT2D eigenvalue weighted by molar-refractivity contribution is -0.151. The molecule has 0 aromatic rings. The van der Waals surface area contributed by atoms with Crippen LogP contribution in [0, 0.1) is 0 Å². The minimum absolute atomic E-state index is 0.0315. The van der Waals surface area contributed by atoms with Gasteiger partial charge in [0.2, 0.25) is 11.8 Å². The summed E-state index contributed by atoms with van der Waals surface area (Å²) in [6, 6.07) is -0.212. The highest BCUT2D eigenvalue weighted by Crippen LogP contribution is 2.19. The van der Waals surface area contributed by atoms with Crippen LogP contribution in [0.4, 0.5) is 0 Å². The van der Waals surface area contributed by atoms with Gasteiger partial charge in [-0.2, -0.15) is 0 Å². The highest BCUT2D eigenvalue weighted by atomic mass is 16.5. The predicted molar refractivity (Wildman–Crippen MR) is 64.0 cm³/mol. The second-order valence-corrected chi connectivity index (χ2v) is 4.60. The zero-order valence-corrected chi connectivity index (χ0v) is 10.7. The maximum Gasteiger partial charge on any atom is 0.249 e. The third-order valence-corrected chi connectivity index (χ3v) is 3.10. The van der Waals surface area contributed by atoms with Crippen molar-refractivity contribution in [3.8, 4) is 0 Å². The standard InChI is InChI=1S/C12H20N2O4/c1-2-17-8-11(15)14-5-6-18-7-10(14)12(16)13-9-3-4-9/h9-10H,2-8H2,1H3,(H,13,16). The largest absolute Gasteiger partial charge is 0.377 e. The van der Waals surface area contributed by atoms with Gasteiger partial charge in [-0.3, -0.25) is 9.59 Å². The van der Waals surface area contributed by atoms with E-state index in [0.29, 0.717) is 25.8 Å². The Morgan fingerprint density at radius 3 is 2.89 bits per heavy atom. The zero-order chi connectivity index (χ0) is 13.0. The molecule has 0 aromatic heterocycles. The molecule has 102 valence electrons. The molecule has 1 heterocycles. The van der Waals surface area contributed by atoms with Crippen molar-refractivity contribution >= 4 is 11.8 Å². The van der Waals surface area contributed by atoms with Crippen LogP contribution in [-0.2, 0) is 19.1 Å². The molecule has 1 unspecified atom stereocenters. The Kier molecular flexibility index (Phi) is 4.54. The smallest absolute Gasteiger partial charge is 0.249 e. The number of rotatable bonds is 5. The van der Waals surface area contributed by atoms with Crippen LogP contribution in [0.5, 0.6) is 0 Å². The van der Waals surface area contributed by atoms with Gasteiger partial charge in [-0.15, -0.1) is 0 Å². The van der Waals surface area contributed by atoms with E-state index < -0.39 is 6.04 Å². The topological polar surface area (TPSA) is 67.9 Å². The molecular formula is C12H20N2O4. The van der Waals surface area contributed by atoms with Crippen LogP contribution in [0.3, 0.4) is 0 Å². The van der Waals surface area contributed by atoms with Crippen molar-refractivity contribution in [1.29, 1.82) is 0 Å². The first-order chi connectivity index (χ1) is 8.72. The van der Waals surface area contributed by atoms with E-state index in [1.165, 1.54) is 0 Å². The highest BCUT2D eigenvalue weighted by molar-refractivity contribution is 5.88. The van der Waals surface area contributed by atoms with Crippen molar-refractivity contribution in [2.45, 2.75) is 31.8 Å². The Balaban J connectivity index is 1.91. The second kappa shape index (κ2) is 6.15. The lowest BCUT2D eigenvalue weighted by atomic mass is 10.2. The summed E-state index contributed by atoms with van der Waals surface area (Å²) in [5.74, 6) is -0.252. The summed E-state index contributed by atoms with van der Waals surface area (Å²) >= 11 is 0. The Labute approximate surface area is 107 Å². The minimum Gasteiger partial charge on any atom is -0.377 e. The van der Waals surface area contributed by atoms with Gasteiger partial charge in [-0.1, -0.05) is 0 Å². The molecule has 0 radical (unpaired) electrons. The molecule has 0 spiro atoms. The first kappa shape index (κ1) is 13.3. The SMILES string of the molecule is CCOCC(=O)N1CCOCC1C(=O)NC1CC1. The van der Waals surface area contributed by atoms with E-state index in [9.17, 15) is 9.59 Å². The molecule has 2 aliphatic rings. The molecule has 0 aromatic carbocycles. The lowest BCUT2D eigenvalue weighted by Gasteiger charge is -2.34. The van der Waals surface area contributed by atoms with Gasteiger partial charge < -0.3 is 19.7 Å². The van der Waals surface area contributed by atoms with E-state index >= 15 is 0 Å². The third-order valence-electron chi connectivity index (χ3n) is 3.10. The van der Waals surface area contributed by atoms with E-state index in [0.717, 1.165) is 12.8 Å². The highest BCUT2D eigenvalue weighted by Gasteiger charge is 2.35. The molecule has 6 nitrogen and oxygen atoms in total. The van der Waals surface area contributed by atoms with Crippen LogP contribution in [0.25, 0.3) is 0 Å². The average Bonchev–Trinajstić information content (AvgIpc) is 3.19. The Morgan fingerprint density at radius 1 is 1.44 bits per heavy atom. The molecule has 1 aliphatic carbocycles. The Hall–Kier alpha value is -1.14. The normalized spacial score (nSPS) is 23.8. The van der Waals surface area contributed by atoms with Crippen molar-refractivity contribution in [3.05, 3.63) is 0 Å². The van der Waals surface area contributed by atoms with Crippen molar-refractivity contribution < 1.29 is 19.1 Å². The van der Waals surface area contributed by atoms with E-state index in [4.69, 9.17) is 9.47 Å². The summed E-state index contributed by atoms with van der Waals surface area (Å²) in [6.45, 7) is 3.57. The van der Waals surface area contributed by atoms with Gasteiger partial charge in [0.15, 0.2) is 0 Å². The third kappa shape index (κ3) is 3.43. The van der Waals surface area contributed by atoms with E-state index in [-0.39, 0.29) is 25.0 Å². The molecule has 1 atom stereocenters. The molecule has 1 N–H and O–H groups in total. The zero-order valence-electron chi connectivity index (χ0n) is 10.7. The van der Waals surface area contributed by atoms with Gasteiger partial charge in [0.1, 0.15) is 12.6 Å². The number of carbonyl (C=O) groups excluding carboxylic acids is 2. The van der Waals surface area contributed by atoms with Gasteiger partial charge in [0.05, 0.1) is 13.2 Å². The minimum atomic E-state index is -0.507. The van der Waals surface area contributed by atoms with E-state index in [1.807, 2.05) is 6.92 Å². The Morgan fingerprint density at radius 2 is 2.22 bits per heavy atom. The van der Waals surface area contributed by atoms with Crippen molar-refractivity contribution in [2.24, 2.45) is 0 Å². The molecule has 1 saturated carbocycles. The fourth-order valence-corrected chi connectivity index (χ4v) is 1.92. The number of ether oxygens (including phenoxy) is 2. The summed E-state index contributed by atoms with van der Waals surface area (Å²) in [4.78, 5) is 25.5. The van der Waals surface area contributed by atoms with Crippen molar-refractivity contribution in [3.63, 3.8) is 0 Å². The molecule has 18 heavy (non-hydrogen) atoms. The number of carbonyl (C=O) groups is 2. The quantitative estimate of drug-likeness (QED) is 0.722. The van der Waals surface area contributed by atoms with Crippen LogP contribution in [0.2, 0.25) is 0 Å². The molecular weight excluding hydrogens is 236 g/mol. The molecule has 2 fully saturated rings. The fourth-order valence-electron chi connectivity index (χ4n) is 1.92. The number of hydrogen-bond donors (Lipinski definition) is 1. The van der Waals surface area contributed by atoms with Crippen LogP contribution >= 0.6 is 0 Å². The van der Waals surface area contributed by atoms with Crippen LogP contribution in [0.15, 0.2) is 0 Å². The summed E-state index contributed by atoms with van der Waals surface area (Å²) in [5, 5.41) is 2.91. The van der Waals surface area contributed by atoms with Crippen LogP contribution in [0.1, 0.15) is 19.8 Å². The van der Waals surface area contributed by atoms with E-state index in [2.05, 4.69) is 5.32 Å². The second-order valence-electron chi connectivity index (χ2n) is 4.60. The van der Waals surface area contributed by atoms with Crippen LogP contribution < -0.4 is 5.32 Å². The number of morpholine rings is 1. The molecule has 6 heteroatoms. The fraction of sp³-hybridized carbons (Fsp3) is 0.833. The molecule has 1 saturated heterocycles. The predicted octanol–water partition coefficient (Wildman–Crippen LogP) is -0.471. The van der Waals surface area contributed by atoms with Crippen molar-refractivity contribution in [2.75, 3.05) is 33.0 Å². The lowest BCUT2D eigenvalue weighted by Crippen LogP contribution is -2.57. The van der Waals surface area contributed by atoms with Gasteiger partial charge in [-0.25, -0.2) is 0 Å². The molecule has 2 amide bonds. The summed E-state index contributed by atoms with van der Waals surface area (Å²) in [5.41, 5.74) is 0. The number of hydrogen-bond acceptors (Lipinski definition) is 4. The maximum atomic E-state index is 12.0. The van der Waals surface area contributed by atoms with Gasteiger partial charge in [0, 0.05) is 19.2 Å². The van der Waals surface area contributed by atoms with Gasteiger partial charge in [0.25, 0.3) is 0 Å². The van der Waals surface area contributed by atoms with E-state index in [1.54, 1.807) is 4.90 Å². The Bertz CT molecular complexity index is 317. The number of nitrogens with zero attached hydrogens (tertiary/aromatic N) is 1. The first-order valence-corrected chi connectivity index (χ1v) is 6.47. The van der Waals surface area contributed by atoms with Crippen molar-refractivity contribution in [1.82, 2.24) is 10.2 Å². The van der Waals surface area contributed by atoms with Crippen LogP contribution in [-0.4, -0.2) is 61.8 Å². The first-order valence-electron chi connectivity index (χ1n) is 6.47. The summed E-state index contributed by atoms with van der Waals surface area (Å²) in [6.07, 6.45) is 2.07. The van der Waals surface area contributed by atoms with Gasteiger partial charge >= 0.3 is 0 Å². The number of amides is 2.